The number of aryl methyl sites for hydroxylation is 1. The van der Waals surface area contributed by atoms with E-state index in [4.69, 9.17) is 10.2 Å². The number of nitrogens with zero attached hydrogens (tertiary/aromatic N) is 2. The van der Waals surface area contributed by atoms with Crippen LogP contribution in [0.1, 0.15) is 21.0 Å². The molecule has 0 unspecified atom stereocenters. The summed E-state index contributed by atoms with van der Waals surface area (Å²) in [7, 11) is -2.45. The molecule has 5 N–H and O–H groups in total. The number of sulfonamides is 1. The van der Waals surface area contributed by atoms with Crippen molar-refractivity contribution in [2.75, 3.05) is 5.32 Å². The quantitative estimate of drug-likeness (QED) is 0.586. The van der Waals surface area contributed by atoms with Crippen molar-refractivity contribution in [3.05, 3.63) is 29.7 Å². The van der Waals surface area contributed by atoms with Crippen LogP contribution in [-0.2, 0) is 17.1 Å². The summed E-state index contributed by atoms with van der Waals surface area (Å²) in [6, 6.07) is 2.24. The number of carbonyl (C=O) groups excluding carboxylic acids is 1. The standard InChI is InChI=1S/C10H11N5O5S/c1-15-4-5(21(11,19)20)2-7(15)9(16)12-8-3-6(10(17)18)13-14-8/h2-4H,1H3,(H,17,18)(H2,11,19,20)(H2,12,13,14,16). The van der Waals surface area contributed by atoms with Crippen LogP contribution in [0.15, 0.2) is 23.2 Å². The molecular weight excluding hydrogens is 302 g/mol. The molecule has 0 aliphatic heterocycles. The number of hydrogen-bond donors (Lipinski definition) is 4. The Hall–Kier alpha value is -2.66. The first kappa shape index (κ1) is 14.7. The van der Waals surface area contributed by atoms with Crippen LogP contribution in [0.3, 0.4) is 0 Å². The number of hydrogen-bond acceptors (Lipinski definition) is 5. The largest absolute Gasteiger partial charge is 0.477 e. The lowest BCUT2D eigenvalue weighted by atomic mass is 10.4. The van der Waals surface area contributed by atoms with Gasteiger partial charge in [0.25, 0.3) is 5.91 Å². The Balaban J connectivity index is 2.24. The van der Waals surface area contributed by atoms with Crippen molar-refractivity contribution in [1.82, 2.24) is 14.8 Å². The van der Waals surface area contributed by atoms with Gasteiger partial charge in [0.15, 0.2) is 5.82 Å². The van der Waals surface area contributed by atoms with Crippen LogP contribution in [0, 0.1) is 0 Å². The molecule has 0 fully saturated rings. The van der Waals surface area contributed by atoms with Gasteiger partial charge in [-0.25, -0.2) is 18.4 Å². The summed E-state index contributed by atoms with van der Waals surface area (Å²) in [6.07, 6.45) is 1.19. The van der Waals surface area contributed by atoms with E-state index >= 15 is 0 Å². The second-order valence-corrected chi connectivity index (χ2v) is 5.70. The normalized spacial score (nSPS) is 11.3. The van der Waals surface area contributed by atoms with E-state index in [1.807, 2.05) is 0 Å². The number of primary sulfonamides is 1. The molecule has 112 valence electrons. The van der Waals surface area contributed by atoms with Gasteiger partial charge in [0, 0.05) is 19.3 Å². The lowest BCUT2D eigenvalue weighted by Crippen LogP contribution is -2.15. The molecule has 0 saturated carbocycles. The Labute approximate surface area is 118 Å². The molecule has 0 saturated heterocycles. The highest BCUT2D eigenvalue weighted by atomic mass is 32.2. The maximum absolute atomic E-state index is 12.0. The molecule has 1 amide bonds. The summed E-state index contributed by atoms with van der Waals surface area (Å²) >= 11 is 0. The molecule has 0 atom stereocenters. The number of nitrogens with one attached hydrogen (secondary N) is 2. The van der Waals surface area contributed by atoms with Gasteiger partial charge >= 0.3 is 5.97 Å². The van der Waals surface area contributed by atoms with E-state index in [1.165, 1.54) is 17.8 Å². The fourth-order valence-electron chi connectivity index (χ4n) is 1.59. The zero-order valence-electron chi connectivity index (χ0n) is 10.7. The van der Waals surface area contributed by atoms with Crippen LogP contribution in [-0.4, -0.2) is 40.2 Å². The van der Waals surface area contributed by atoms with Crippen molar-refractivity contribution in [3.63, 3.8) is 0 Å². The molecule has 2 heterocycles. The summed E-state index contributed by atoms with van der Waals surface area (Å²) in [4.78, 5) is 22.4. The maximum Gasteiger partial charge on any atom is 0.353 e. The minimum Gasteiger partial charge on any atom is -0.477 e. The van der Waals surface area contributed by atoms with E-state index in [0.29, 0.717) is 0 Å². The van der Waals surface area contributed by atoms with Gasteiger partial charge in [0.05, 0.1) is 0 Å². The van der Waals surface area contributed by atoms with Gasteiger partial charge in [0.2, 0.25) is 10.0 Å². The smallest absolute Gasteiger partial charge is 0.353 e. The molecule has 0 aliphatic rings. The number of carboxylic acids is 1. The summed E-state index contributed by atoms with van der Waals surface area (Å²) in [6.45, 7) is 0. The van der Waals surface area contributed by atoms with E-state index < -0.39 is 21.9 Å². The predicted molar refractivity (Wildman–Crippen MR) is 70.3 cm³/mol. The van der Waals surface area contributed by atoms with Crippen LogP contribution in [0.5, 0.6) is 0 Å². The Morgan fingerprint density at radius 2 is 2.10 bits per heavy atom. The van der Waals surface area contributed by atoms with Crippen molar-refractivity contribution in [1.29, 1.82) is 0 Å². The molecule has 0 aliphatic carbocycles. The van der Waals surface area contributed by atoms with Crippen LogP contribution < -0.4 is 10.5 Å². The first-order chi connectivity index (χ1) is 9.68. The Morgan fingerprint density at radius 1 is 1.43 bits per heavy atom. The SMILES string of the molecule is Cn1cc(S(N)(=O)=O)cc1C(=O)Nc1cc(C(=O)O)[nH]n1. The van der Waals surface area contributed by atoms with E-state index in [2.05, 4.69) is 15.5 Å². The number of carboxylic acid groups (broad SMARTS) is 1. The number of amides is 1. The molecule has 2 aromatic rings. The Kier molecular flexibility index (Phi) is 3.53. The fraction of sp³-hybridized carbons (Fsp3) is 0.100. The van der Waals surface area contributed by atoms with E-state index in [-0.39, 0.29) is 22.1 Å². The minimum atomic E-state index is -3.92. The molecule has 0 bridgehead atoms. The molecular formula is C10H11N5O5S. The van der Waals surface area contributed by atoms with Gasteiger partial charge < -0.3 is 15.0 Å². The number of carbonyl (C=O) groups is 2. The van der Waals surface area contributed by atoms with Crippen molar-refractivity contribution < 1.29 is 23.1 Å². The second-order valence-electron chi connectivity index (χ2n) is 4.14. The first-order valence-corrected chi connectivity index (χ1v) is 7.02. The second kappa shape index (κ2) is 5.03. The lowest BCUT2D eigenvalue weighted by molar-refractivity contribution is 0.0690. The van der Waals surface area contributed by atoms with E-state index in [0.717, 1.165) is 12.1 Å². The molecule has 0 radical (unpaired) electrons. The van der Waals surface area contributed by atoms with Gasteiger partial charge in [-0.15, -0.1) is 0 Å². The van der Waals surface area contributed by atoms with E-state index in [1.54, 1.807) is 0 Å². The monoisotopic (exact) mass is 313 g/mol. The van der Waals surface area contributed by atoms with Gasteiger partial charge in [-0.2, -0.15) is 5.10 Å². The van der Waals surface area contributed by atoms with Crippen LogP contribution in [0.25, 0.3) is 0 Å². The highest BCUT2D eigenvalue weighted by Gasteiger charge is 2.18. The maximum atomic E-state index is 12.0. The Morgan fingerprint density at radius 3 is 2.57 bits per heavy atom. The summed E-state index contributed by atoms with van der Waals surface area (Å²) in [5.74, 6) is -1.88. The number of aromatic carboxylic acids is 1. The number of H-pyrrole nitrogens is 1. The number of anilines is 1. The topological polar surface area (TPSA) is 160 Å². The van der Waals surface area contributed by atoms with Crippen LogP contribution in [0.2, 0.25) is 0 Å². The van der Waals surface area contributed by atoms with Gasteiger partial charge in [-0.1, -0.05) is 0 Å². The third-order valence-electron chi connectivity index (χ3n) is 2.59. The third-order valence-corrected chi connectivity index (χ3v) is 3.47. The summed E-state index contributed by atoms with van der Waals surface area (Å²) < 4.78 is 23.7. The minimum absolute atomic E-state index is 0.00393. The number of rotatable bonds is 4. The molecule has 2 rings (SSSR count). The lowest BCUT2D eigenvalue weighted by Gasteiger charge is -2.02. The van der Waals surface area contributed by atoms with Gasteiger partial charge in [-0.3, -0.25) is 9.89 Å². The van der Waals surface area contributed by atoms with Crippen molar-refractivity contribution >= 4 is 27.7 Å². The van der Waals surface area contributed by atoms with Crippen LogP contribution >= 0.6 is 0 Å². The van der Waals surface area contributed by atoms with Crippen molar-refractivity contribution in [3.8, 4) is 0 Å². The average molecular weight is 313 g/mol. The predicted octanol–water partition coefficient (Wildman–Crippen LogP) is -0.654. The van der Waals surface area contributed by atoms with E-state index in [9.17, 15) is 18.0 Å². The molecule has 10 nitrogen and oxygen atoms in total. The summed E-state index contributed by atoms with van der Waals surface area (Å²) in [5, 5.41) is 21.8. The Bertz CT molecular complexity index is 819. The number of nitrogens with two attached hydrogens (primary N) is 1. The fourth-order valence-corrected chi connectivity index (χ4v) is 2.17. The van der Waals surface area contributed by atoms with Crippen LogP contribution in [0.4, 0.5) is 5.82 Å². The number of aromatic nitrogens is 3. The zero-order chi connectivity index (χ0) is 15.8. The molecule has 21 heavy (non-hydrogen) atoms. The summed E-state index contributed by atoms with van der Waals surface area (Å²) in [5.41, 5.74) is -0.165. The van der Waals surface area contributed by atoms with Crippen molar-refractivity contribution in [2.24, 2.45) is 12.2 Å². The van der Waals surface area contributed by atoms with Gasteiger partial charge in [0.1, 0.15) is 16.3 Å². The highest BCUT2D eigenvalue weighted by molar-refractivity contribution is 7.89. The highest BCUT2D eigenvalue weighted by Crippen LogP contribution is 2.14. The third kappa shape index (κ3) is 3.09. The molecule has 2 aromatic heterocycles. The first-order valence-electron chi connectivity index (χ1n) is 5.47. The molecule has 0 aromatic carbocycles. The van der Waals surface area contributed by atoms with Crippen molar-refractivity contribution in [2.45, 2.75) is 4.90 Å². The molecule has 0 spiro atoms. The number of aromatic amines is 1. The molecule has 11 heteroatoms. The zero-order valence-corrected chi connectivity index (χ0v) is 11.5. The average Bonchev–Trinajstić information content (AvgIpc) is 2.94. The van der Waals surface area contributed by atoms with Gasteiger partial charge in [-0.05, 0) is 6.07 Å².